The van der Waals surface area contributed by atoms with Crippen LogP contribution in [-0.2, 0) is 0 Å². The SMILES string of the molecule is C/C=C/CNc1ccc(Br)cc1OC(F)(F)F. The zero-order chi connectivity index (χ0) is 12.9. The van der Waals surface area contributed by atoms with Gasteiger partial charge in [0.2, 0.25) is 0 Å². The zero-order valence-electron chi connectivity index (χ0n) is 9.01. The van der Waals surface area contributed by atoms with Gasteiger partial charge >= 0.3 is 6.36 Å². The molecule has 0 aliphatic heterocycles. The second kappa shape index (κ2) is 5.95. The van der Waals surface area contributed by atoms with Crippen LogP contribution in [0.1, 0.15) is 6.92 Å². The van der Waals surface area contributed by atoms with E-state index in [4.69, 9.17) is 0 Å². The molecule has 1 aromatic rings. The van der Waals surface area contributed by atoms with Crippen molar-refractivity contribution in [3.63, 3.8) is 0 Å². The predicted octanol–water partition coefficient (Wildman–Crippen LogP) is 4.34. The summed E-state index contributed by atoms with van der Waals surface area (Å²) in [7, 11) is 0. The van der Waals surface area contributed by atoms with E-state index in [2.05, 4.69) is 26.0 Å². The van der Waals surface area contributed by atoms with Gasteiger partial charge in [0.15, 0.2) is 5.75 Å². The number of hydrogen-bond acceptors (Lipinski definition) is 2. The first kappa shape index (κ1) is 13.9. The van der Waals surface area contributed by atoms with Gasteiger partial charge in [0.05, 0.1) is 5.69 Å². The normalized spacial score (nSPS) is 11.8. The molecular formula is C11H11BrF3NO. The molecule has 0 aliphatic rings. The smallest absolute Gasteiger partial charge is 0.404 e. The maximum Gasteiger partial charge on any atom is 0.573 e. The minimum atomic E-state index is -4.70. The van der Waals surface area contributed by atoms with Crippen LogP contribution < -0.4 is 10.1 Å². The minimum absolute atomic E-state index is 0.253. The van der Waals surface area contributed by atoms with Gasteiger partial charge in [-0.1, -0.05) is 28.1 Å². The molecule has 17 heavy (non-hydrogen) atoms. The van der Waals surface area contributed by atoms with E-state index in [1.54, 1.807) is 18.2 Å². The lowest BCUT2D eigenvalue weighted by Gasteiger charge is -2.14. The molecule has 1 rings (SSSR count). The summed E-state index contributed by atoms with van der Waals surface area (Å²) < 4.78 is 40.9. The Kier molecular flexibility index (Phi) is 4.86. The van der Waals surface area contributed by atoms with Crippen molar-refractivity contribution in [3.8, 4) is 5.75 Å². The summed E-state index contributed by atoms with van der Waals surface area (Å²) in [5.74, 6) is -0.253. The number of rotatable bonds is 4. The molecule has 0 saturated carbocycles. The van der Waals surface area contributed by atoms with Gasteiger partial charge in [-0.05, 0) is 25.1 Å². The van der Waals surface area contributed by atoms with E-state index in [0.29, 0.717) is 16.7 Å². The van der Waals surface area contributed by atoms with Crippen molar-refractivity contribution in [2.45, 2.75) is 13.3 Å². The molecular weight excluding hydrogens is 299 g/mol. The lowest BCUT2D eigenvalue weighted by Crippen LogP contribution is -2.18. The number of hydrogen-bond donors (Lipinski definition) is 1. The van der Waals surface area contributed by atoms with Crippen LogP contribution in [0, 0.1) is 0 Å². The Hall–Kier alpha value is -1.17. The number of allylic oxidation sites excluding steroid dienone is 1. The van der Waals surface area contributed by atoms with Crippen molar-refractivity contribution in [1.82, 2.24) is 0 Å². The molecule has 0 amide bonds. The Balaban J connectivity index is 2.87. The van der Waals surface area contributed by atoms with Crippen molar-refractivity contribution >= 4 is 21.6 Å². The van der Waals surface area contributed by atoms with Crippen molar-refractivity contribution in [3.05, 3.63) is 34.8 Å². The number of ether oxygens (including phenoxy) is 1. The molecule has 94 valence electrons. The molecule has 1 aromatic carbocycles. The summed E-state index contributed by atoms with van der Waals surface area (Å²) in [6.07, 6.45) is -1.10. The molecule has 0 heterocycles. The predicted molar refractivity (Wildman–Crippen MR) is 64.1 cm³/mol. The van der Waals surface area contributed by atoms with Crippen LogP contribution >= 0.6 is 15.9 Å². The monoisotopic (exact) mass is 309 g/mol. The molecule has 0 saturated heterocycles. The quantitative estimate of drug-likeness (QED) is 0.836. The zero-order valence-corrected chi connectivity index (χ0v) is 10.6. The Bertz CT molecular complexity index is 404. The summed E-state index contributed by atoms with van der Waals surface area (Å²) in [5.41, 5.74) is 0.295. The first-order chi connectivity index (χ1) is 7.92. The lowest BCUT2D eigenvalue weighted by atomic mass is 10.3. The highest BCUT2D eigenvalue weighted by Crippen LogP contribution is 2.32. The first-order valence-electron chi connectivity index (χ1n) is 4.82. The maximum absolute atomic E-state index is 12.2. The average Bonchev–Trinajstić information content (AvgIpc) is 2.19. The van der Waals surface area contributed by atoms with E-state index in [9.17, 15) is 13.2 Å². The standard InChI is InChI=1S/C11H11BrF3NO/c1-2-3-6-16-9-5-4-8(12)7-10(9)17-11(13,14)15/h2-5,7,16H,6H2,1H3/b3-2+. The lowest BCUT2D eigenvalue weighted by molar-refractivity contribution is -0.274. The summed E-state index contributed by atoms with van der Waals surface area (Å²) >= 11 is 3.10. The van der Waals surface area contributed by atoms with Crippen molar-refractivity contribution in [2.24, 2.45) is 0 Å². The second-order valence-electron chi connectivity index (χ2n) is 3.14. The fraction of sp³-hybridized carbons (Fsp3) is 0.273. The first-order valence-corrected chi connectivity index (χ1v) is 5.62. The highest BCUT2D eigenvalue weighted by Gasteiger charge is 2.32. The van der Waals surface area contributed by atoms with Gasteiger partial charge in [-0.2, -0.15) is 0 Å². The van der Waals surface area contributed by atoms with Gasteiger partial charge in [0.25, 0.3) is 0 Å². The molecule has 0 spiro atoms. The molecule has 0 radical (unpaired) electrons. The van der Waals surface area contributed by atoms with Crippen LogP contribution in [0.25, 0.3) is 0 Å². The number of benzene rings is 1. The number of anilines is 1. The third kappa shape index (κ3) is 5.12. The number of alkyl halides is 3. The molecule has 0 aliphatic carbocycles. The van der Waals surface area contributed by atoms with Gasteiger partial charge in [0.1, 0.15) is 0 Å². The van der Waals surface area contributed by atoms with Crippen LogP contribution in [0.3, 0.4) is 0 Å². The Labute approximate surface area is 106 Å². The van der Waals surface area contributed by atoms with Crippen LogP contribution in [0.2, 0.25) is 0 Å². The number of nitrogens with one attached hydrogen (secondary N) is 1. The Morgan fingerprint density at radius 1 is 1.41 bits per heavy atom. The van der Waals surface area contributed by atoms with E-state index in [1.165, 1.54) is 12.1 Å². The summed E-state index contributed by atoms with van der Waals surface area (Å²) in [6, 6.07) is 4.43. The molecule has 0 fully saturated rings. The molecule has 2 nitrogen and oxygen atoms in total. The van der Waals surface area contributed by atoms with E-state index < -0.39 is 6.36 Å². The van der Waals surface area contributed by atoms with E-state index in [1.807, 2.05) is 6.92 Å². The van der Waals surface area contributed by atoms with Gasteiger partial charge in [0, 0.05) is 11.0 Å². The largest absolute Gasteiger partial charge is 0.573 e. The summed E-state index contributed by atoms with van der Waals surface area (Å²) in [6.45, 7) is 2.27. The van der Waals surface area contributed by atoms with Crippen LogP contribution in [0.15, 0.2) is 34.8 Å². The van der Waals surface area contributed by atoms with Crippen molar-refractivity contribution in [2.75, 3.05) is 11.9 Å². The molecule has 1 N–H and O–H groups in total. The fourth-order valence-corrected chi connectivity index (χ4v) is 1.48. The van der Waals surface area contributed by atoms with Crippen LogP contribution in [0.4, 0.5) is 18.9 Å². The Morgan fingerprint density at radius 3 is 2.71 bits per heavy atom. The van der Waals surface area contributed by atoms with Crippen LogP contribution in [-0.4, -0.2) is 12.9 Å². The molecule has 0 aromatic heterocycles. The molecule has 0 unspecified atom stereocenters. The van der Waals surface area contributed by atoms with Crippen LogP contribution in [0.5, 0.6) is 5.75 Å². The maximum atomic E-state index is 12.2. The van der Waals surface area contributed by atoms with Gasteiger partial charge in [-0.15, -0.1) is 13.2 Å². The summed E-state index contributed by atoms with van der Waals surface area (Å²) in [5, 5.41) is 2.83. The summed E-state index contributed by atoms with van der Waals surface area (Å²) in [4.78, 5) is 0. The van der Waals surface area contributed by atoms with Gasteiger partial charge in [-0.3, -0.25) is 0 Å². The topological polar surface area (TPSA) is 21.3 Å². The Morgan fingerprint density at radius 2 is 2.12 bits per heavy atom. The van der Waals surface area contributed by atoms with Crippen molar-refractivity contribution in [1.29, 1.82) is 0 Å². The average molecular weight is 310 g/mol. The third-order valence-electron chi connectivity index (χ3n) is 1.82. The van der Waals surface area contributed by atoms with E-state index >= 15 is 0 Å². The van der Waals surface area contributed by atoms with E-state index in [-0.39, 0.29) is 5.75 Å². The fourth-order valence-electron chi connectivity index (χ4n) is 1.14. The number of halogens is 4. The second-order valence-corrected chi connectivity index (χ2v) is 4.05. The van der Waals surface area contributed by atoms with Crippen molar-refractivity contribution < 1.29 is 17.9 Å². The van der Waals surface area contributed by atoms with E-state index in [0.717, 1.165) is 0 Å². The molecule has 0 bridgehead atoms. The minimum Gasteiger partial charge on any atom is -0.404 e. The highest BCUT2D eigenvalue weighted by atomic mass is 79.9. The highest BCUT2D eigenvalue weighted by molar-refractivity contribution is 9.10. The molecule has 6 heteroatoms. The third-order valence-corrected chi connectivity index (χ3v) is 2.31. The van der Waals surface area contributed by atoms with Gasteiger partial charge < -0.3 is 10.1 Å². The molecule has 0 atom stereocenters. The van der Waals surface area contributed by atoms with Gasteiger partial charge in [-0.25, -0.2) is 0 Å².